The minimum atomic E-state index is -4.52. The summed E-state index contributed by atoms with van der Waals surface area (Å²) >= 11 is 1.34. The van der Waals surface area contributed by atoms with E-state index in [0.717, 1.165) is 63.9 Å². The number of benzene rings is 4. The summed E-state index contributed by atoms with van der Waals surface area (Å²) in [5.41, 5.74) is 2.56. The van der Waals surface area contributed by atoms with Crippen LogP contribution in [0.4, 0.5) is 13.2 Å². The second-order valence-electron chi connectivity index (χ2n) is 14.3. The molecule has 3 nitrogen and oxygen atoms in total. The van der Waals surface area contributed by atoms with E-state index in [4.69, 9.17) is 0 Å². The number of pyridine rings is 1. The summed E-state index contributed by atoms with van der Waals surface area (Å²) in [6.45, 7) is 15.0. The minimum Gasteiger partial charge on any atom is -0.512 e. The first-order valence-corrected chi connectivity index (χ1v) is 22.4. The van der Waals surface area contributed by atoms with Gasteiger partial charge in [-0.25, -0.2) is 0 Å². The average molecular weight is 931 g/mol. The Bertz CT molecular complexity index is 2200. The minimum absolute atomic E-state index is 0. The Morgan fingerprint density at radius 3 is 1.94 bits per heavy atom. The third kappa shape index (κ3) is 9.55. The van der Waals surface area contributed by atoms with Gasteiger partial charge >= 0.3 is 6.18 Å². The molecule has 4 aromatic carbocycles. The van der Waals surface area contributed by atoms with Crippen LogP contribution in [0.3, 0.4) is 0 Å². The second kappa shape index (κ2) is 17.7. The van der Waals surface area contributed by atoms with Gasteiger partial charge in [0.25, 0.3) is 0 Å². The molecule has 53 heavy (non-hydrogen) atoms. The van der Waals surface area contributed by atoms with Crippen molar-refractivity contribution in [2.75, 3.05) is 0 Å². The van der Waals surface area contributed by atoms with Gasteiger partial charge in [-0.15, -0.1) is 23.6 Å². The maximum absolute atomic E-state index is 14.2. The van der Waals surface area contributed by atoms with Crippen LogP contribution >= 0.6 is 11.3 Å². The van der Waals surface area contributed by atoms with Crippen molar-refractivity contribution in [3.05, 3.63) is 109 Å². The molecule has 0 aliphatic carbocycles. The molecule has 1 radical (unpaired) electrons. The summed E-state index contributed by atoms with van der Waals surface area (Å²) < 4.78 is 44.0. The number of ketones is 1. The van der Waals surface area contributed by atoms with Crippen LogP contribution in [0.5, 0.6) is 0 Å². The van der Waals surface area contributed by atoms with E-state index in [1.165, 1.54) is 22.6 Å². The number of hydrogen-bond acceptors (Lipinski definition) is 4. The number of carbonyl (C=O) groups is 1. The van der Waals surface area contributed by atoms with E-state index in [1.807, 2.05) is 70.2 Å². The summed E-state index contributed by atoms with van der Waals surface area (Å²) in [5, 5.41) is 13.8. The predicted molar refractivity (Wildman–Crippen MR) is 216 cm³/mol. The van der Waals surface area contributed by atoms with Crippen LogP contribution in [-0.4, -0.2) is 23.9 Å². The summed E-state index contributed by atoms with van der Waals surface area (Å²) in [4.78, 5) is 16.0. The Balaban J connectivity index is 0.000000335. The quantitative estimate of drug-likeness (QED) is 0.0644. The zero-order valence-corrected chi connectivity index (χ0v) is 35.5. The molecule has 0 saturated carbocycles. The van der Waals surface area contributed by atoms with E-state index in [2.05, 4.69) is 55.0 Å². The number of thiophene rings is 1. The number of carbonyl (C=O) groups excluding carboxylic acids is 1. The molecule has 1 N–H and O–H groups in total. The third-order valence-electron chi connectivity index (χ3n) is 9.88. The number of aliphatic hydroxyl groups excluding tert-OH is 1. The zero-order valence-electron chi connectivity index (χ0n) is 31.3. The van der Waals surface area contributed by atoms with Crippen LogP contribution in [0.1, 0.15) is 58.9 Å². The fraction of sp³-hybridized carbons (Fsp3) is 0.318. The molecule has 0 aliphatic rings. The molecular weight excluding hydrogens is 884 g/mol. The fourth-order valence-electron chi connectivity index (χ4n) is 6.56. The van der Waals surface area contributed by atoms with Gasteiger partial charge in [-0.1, -0.05) is 130 Å². The van der Waals surface area contributed by atoms with Crippen molar-refractivity contribution >= 4 is 61.5 Å². The summed E-state index contributed by atoms with van der Waals surface area (Å²) in [6.07, 6.45) is 1.35. The van der Waals surface area contributed by atoms with Crippen molar-refractivity contribution in [2.45, 2.75) is 79.2 Å². The number of fused-ring (bicyclic) bond motifs is 4. The van der Waals surface area contributed by atoms with Crippen molar-refractivity contribution in [3.8, 4) is 22.3 Å². The Labute approximate surface area is 329 Å². The van der Waals surface area contributed by atoms with Crippen LogP contribution in [0, 0.1) is 17.9 Å². The molecule has 2 aromatic heterocycles. The molecule has 0 saturated heterocycles. The van der Waals surface area contributed by atoms with Crippen molar-refractivity contribution in [1.29, 1.82) is 0 Å². The first-order valence-electron chi connectivity index (χ1n) is 18.1. The number of alkyl halides is 3. The smallest absolute Gasteiger partial charge is 0.418 e. The molecule has 9 heteroatoms. The van der Waals surface area contributed by atoms with Gasteiger partial charge in [0.1, 0.15) is 0 Å². The molecule has 0 atom stereocenters. The van der Waals surface area contributed by atoms with E-state index >= 15 is 0 Å². The summed E-state index contributed by atoms with van der Waals surface area (Å²) in [6, 6.07) is 29.1. The van der Waals surface area contributed by atoms with Crippen molar-refractivity contribution in [2.24, 2.45) is 11.8 Å². The predicted octanol–water partition coefficient (Wildman–Crippen LogP) is 13.2. The Morgan fingerprint density at radius 2 is 1.40 bits per heavy atom. The zero-order chi connectivity index (χ0) is 37.8. The number of nitrogens with zero attached hydrogens (tertiary/aromatic N) is 1. The number of rotatable bonds is 10. The molecule has 0 bridgehead atoms. The van der Waals surface area contributed by atoms with Crippen LogP contribution in [-0.2, 0) is 31.1 Å². The Morgan fingerprint density at radius 1 is 0.849 bits per heavy atom. The third-order valence-corrected chi connectivity index (χ3v) is 13.1. The fourth-order valence-corrected chi connectivity index (χ4v) is 8.96. The van der Waals surface area contributed by atoms with Crippen LogP contribution in [0.15, 0.2) is 96.9 Å². The molecule has 0 spiro atoms. The average Bonchev–Trinajstić information content (AvgIpc) is 3.48. The topological polar surface area (TPSA) is 50.2 Å². The van der Waals surface area contributed by atoms with Crippen LogP contribution < -0.4 is 5.19 Å². The summed E-state index contributed by atoms with van der Waals surface area (Å²) in [7, 11) is -1.41. The summed E-state index contributed by atoms with van der Waals surface area (Å²) in [5.74, 6) is 0.547. The second-order valence-corrected chi connectivity index (χ2v) is 20.5. The van der Waals surface area contributed by atoms with Crippen molar-refractivity contribution in [3.63, 3.8) is 0 Å². The van der Waals surface area contributed by atoms with E-state index in [9.17, 15) is 23.1 Å². The molecular formula is C44H47F3IrNO2SSi-. The van der Waals surface area contributed by atoms with E-state index in [0.29, 0.717) is 15.8 Å². The first-order chi connectivity index (χ1) is 24.7. The normalized spacial score (nSPS) is 12.3. The van der Waals surface area contributed by atoms with Crippen molar-refractivity contribution in [1.82, 2.24) is 4.98 Å². The number of hydrogen-bond donors (Lipinski definition) is 1. The molecule has 6 aromatic rings. The Kier molecular flexibility index (Phi) is 14.0. The van der Waals surface area contributed by atoms with Gasteiger partial charge in [-0.3, -0.25) is 9.78 Å². The SMILES string of the molecule is CCC(CC)C(=O)/C=C(\O)C(CC)CC.C[Si](C)(C)c1ccc(-c2ccc(-c3c(C(F)(F)F)cnc4c3sc3cc5ccccc5[c-]c34)cc2)cc1.[Ir]. The molecule has 281 valence electrons. The van der Waals surface area contributed by atoms with Gasteiger partial charge in [0.2, 0.25) is 0 Å². The van der Waals surface area contributed by atoms with Gasteiger partial charge in [0, 0.05) is 60.0 Å². The van der Waals surface area contributed by atoms with E-state index < -0.39 is 19.8 Å². The van der Waals surface area contributed by atoms with Gasteiger partial charge in [-0.2, -0.15) is 24.5 Å². The standard InChI is InChI=1S/C31H23F3NSSi.C13H24O2.Ir/c1-37(2,3)24-14-12-20(13-15-24)19-8-10-21(11-9-19)28-26(31(32,33)34)18-35-29-25-16-22-6-4-5-7-23(22)17-27(25)36-30(28)29;1-5-10(6-2)12(14)9-13(15)11(7-3)8-4;/h4-15,17-18H,1-3H3;9-11,14H,5-8H2,1-4H3;/q-1;;/b;12-9-;. The van der Waals surface area contributed by atoms with Gasteiger partial charge in [0.05, 0.1) is 19.4 Å². The van der Waals surface area contributed by atoms with Crippen LogP contribution in [0.25, 0.3) is 53.3 Å². The maximum atomic E-state index is 14.2. The van der Waals surface area contributed by atoms with Gasteiger partial charge in [-0.05, 0) is 47.1 Å². The first kappa shape index (κ1) is 42.1. The maximum Gasteiger partial charge on any atom is 0.418 e. The van der Waals surface area contributed by atoms with Gasteiger partial charge in [0.15, 0.2) is 5.78 Å². The monoisotopic (exact) mass is 931 g/mol. The van der Waals surface area contributed by atoms with Crippen molar-refractivity contribution < 1.29 is 43.2 Å². The number of aromatic nitrogens is 1. The molecule has 6 rings (SSSR count). The largest absolute Gasteiger partial charge is 0.512 e. The molecule has 0 amide bonds. The Hall–Kier alpha value is -3.62. The molecule has 0 aliphatic heterocycles. The van der Waals surface area contributed by atoms with E-state index in [1.54, 1.807) is 12.1 Å². The van der Waals surface area contributed by atoms with Crippen LogP contribution in [0.2, 0.25) is 19.6 Å². The number of allylic oxidation sites excluding steroid dienone is 2. The van der Waals surface area contributed by atoms with E-state index in [-0.39, 0.29) is 49.0 Å². The molecule has 0 unspecified atom stereocenters. The molecule has 2 heterocycles. The van der Waals surface area contributed by atoms with Gasteiger partial charge < -0.3 is 5.11 Å². The number of halogens is 3. The number of aliphatic hydroxyl groups is 1. The molecule has 0 fully saturated rings.